The summed E-state index contributed by atoms with van der Waals surface area (Å²) < 4.78 is 0.648. The van der Waals surface area contributed by atoms with Crippen LogP contribution in [0, 0.1) is 13.7 Å². The summed E-state index contributed by atoms with van der Waals surface area (Å²) in [7, 11) is 0. The molecule has 0 bridgehead atoms. The molecule has 1 saturated carbocycles. The number of halogens is 1. The zero-order valence-electron chi connectivity index (χ0n) is 10.6. The van der Waals surface area contributed by atoms with Gasteiger partial charge in [0.15, 0.2) is 0 Å². The Bertz CT molecular complexity index is 467. The smallest absolute Gasteiger partial charge is 0.282 e. The molecular formula is C13H18IN3O2. The molecule has 1 aliphatic carbocycles. The van der Waals surface area contributed by atoms with Crippen LogP contribution in [0.5, 0.6) is 0 Å². The lowest BCUT2D eigenvalue weighted by Gasteiger charge is -2.23. The molecule has 2 rings (SSSR count). The summed E-state index contributed by atoms with van der Waals surface area (Å²) in [5.74, 6) is 0. The molecule has 1 aromatic carbocycles. The average Bonchev–Trinajstić information content (AvgIpc) is 2.55. The quantitative estimate of drug-likeness (QED) is 0.368. The molecule has 3 N–H and O–H groups in total. The predicted molar refractivity (Wildman–Crippen MR) is 84.3 cm³/mol. The van der Waals surface area contributed by atoms with E-state index in [-0.39, 0.29) is 22.7 Å². The Kier molecular flexibility index (Phi) is 4.98. The number of hydrogen-bond acceptors (Lipinski definition) is 4. The Hall–Kier alpha value is -0.890. The minimum absolute atomic E-state index is 0.149. The second kappa shape index (κ2) is 6.51. The average molecular weight is 375 g/mol. The summed E-state index contributed by atoms with van der Waals surface area (Å²) in [6, 6.07) is 5.55. The van der Waals surface area contributed by atoms with Crippen molar-refractivity contribution >= 4 is 34.0 Å². The standard InChI is InChI=1S/C13H18IN3O2/c14-10-8-9(6-7-13(10)17(18)19)16-12-5-3-1-2-4-11(12)15/h6-8,11-12,16H,1-5,15H2. The van der Waals surface area contributed by atoms with Crippen molar-refractivity contribution in [2.75, 3.05) is 5.32 Å². The molecular weight excluding hydrogens is 357 g/mol. The van der Waals surface area contributed by atoms with Gasteiger partial charge in [-0.1, -0.05) is 19.3 Å². The first-order valence-electron chi connectivity index (χ1n) is 6.54. The van der Waals surface area contributed by atoms with Crippen molar-refractivity contribution in [3.05, 3.63) is 31.9 Å². The Morgan fingerprint density at radius 3 is 2.74 bits per heavy atom. The van der Waals surface area contributed by atoms with Crippen molar-refractivity contribution in [2.45, 2.75) is 44.2 Å². The molecule has 6 heteroatoms. The number of nitro benzene ring substituents is 1. The number of benzene rings is 1. The van der Waals surface area contributed by atoms with Crippen molar-refractivity contribution in [3.63, 3.8) is 0 Å². The number of rotatable bonds is 3. The van der Waals surface area contributed by atoms with E-state index in [9.17, 15) is 10.1 Å². The summed E-state index contributed by atoms with van der Waals surface area (Å²) in [4.78, 5) is 10.4. The van der Waals surface area contributed by atoms with Gasteiger partial charge < -0.3 is 11.1 Å². The molecule has 0 amide bonds. The normalized spacial score (nSPS) is 23.7. The summed E-state index contributed by atoms with van der Waals surface area (Å²) in [6.45, 7) is 0. The minimum atomic E-state index is -0.358. The van der Waals surface area contributed by atoms with Crippen LogP contribution in [0.4, 0.5) is 11.4 Å². The number of nitro groups is 1. The monoisotopic (exact) mass is 375 g/mol. The summed E-state index contributed by atoms with van der Waals surface area (Å²) >= 11 is 2.00. The highest BCUT2D eigenvalue weighted by atomic mass is 127. The second-order valence-electron chi connectivity index (χ2n) is 4.98. The van der Waals surface area contributed by atoms with E-state index in [1.54, 1.807) is 12.1 Å². The van der Waals surface area contributed by atoms with Crippen LogP contribution in [-0.4, -0.2) is 17.0 Å². The SMILES string of the molecule is NC1CCCCCC1Nc1ccc([N+](=O)[O-])c(I)c1. The van der Waals surface area contributed by atoms with Crippen LogP contribution in [0.1, 0.15) is 32.1 Å². The minimum Gasteiger partial charge on any atom is -0.381 e. The number of nitrogens with zero attached hydrogens (tertiary/aromatic N) is 1. The van der Waals surface area contributed by atoms with Gasteiger partial charge in [0, 0.05) is 23.8 Å². The van der Waals surface area contributed by atoms with Crippen molar-refractivity contribution in [1.82, 2.24) is 0 Å². The number of nitrogens with two attached hydrogens (primary N) is 1. The van der Waals surface area contributed by atoms with E-state index in [4.69, 9.17) is 5.73 Å². The van der Waals surface area contributed by atoms with E-state index in [1.165, 1.54) is 19.3 Å². The van der Waals surface area contributed by atoms with Crippen molar-refractivity contribution in [1.29, 1.82) is 0 Å². The van der Waals surface area contributed by atoms with E-state index in [0.29, 0.717) is 3.57 Å². The fraction of sp³-hybridized carbons (Fsp3) is 0.538. The van der Waals surface area contributed by atoms with Crippen molar-refractivity contribution < 1.29 is 4.92 Å². The van der Waals surface area contributed by atoms with Crippen LogP contribution in [0.3, 0.4) is 0 Å². The Morgan fingerprint density at radius 1 is 1.32 bits per heavy atom. The Balaban J connectivity index is 2.10. The fourth-order valence-electron chi connectivity index (χ4n) is 2.47. The molecule has 0 spiro atoms. The van der Waals surface area contributed by atoms with Crippen LogP contribution in [0.2, 0.25) is 0 Å². The third-order valence-corrected chi connectivity index (χ3v) is 4.43. The zero-order valence-corrected chi connectivity index (χ0v) is 12.8. The molecule has 5 nitrogen and oxygen atoms in total. The summed E-state index contributed by atoms with van der Waals surface area (Å²) in [5.41, 5.74) is 7.23. The van der Waals surface area contributed by atoms with Gasteiger partial charge >= 0.3 is 0 Å². The van der Waals surface area contributed by atoms with E-state index >= 15 is 0 Å². The molecule has 19 heavy (non-hydrogen) atoms. The molecule has 104 valence electrons. The first-order chi connectivity index (χ1) is 9.08. The molecule has 0 aromatic heterocycles. The van der Waals surface area contributed by atoms with Gasteiger partial charge in [-0.25, -0.2) is 0 Å². The molecule has 1 fully saturated rings. The maximum atomic E-state index is 10.8. The molecule has 1 aromatic rings. The van der Waals surface area contributed by atoms with Gasteiger partial charge in [-0.05, 0) is 47.6 Å². The predicted octanol–water partition coefficient (Wildman–Crippen LogP) is 3.27. The summed E-state index contributed by atoms with van der Waals surface area (Å²) in [6.07, 6.45) is 5.73. The maximum absolute atomic E-state index is 10.8. The van der Waals surface area contributed by atoms with Gasteiger partial charge in [0.1, 0.15) is 0 Å². The molecule has 0 heterocycles. The fourth-order valence-corrected chi connectivity index (χ4v) is 3.19. The molecule has 0 radical (unpaired) electrons. The van der Waals surface area contributed by atoms with Gasteiger partial charge in [0.05, 0.1) is 8.49 Å². The van der Waals surface area contributed by atoms with Crippen molar-refractivity contribution in [3.8, 4) is 0 Å². The first-order valence-corrected chi connectivity index (χ1v) is 7.62. The highest BCUT2D eigenvalue weighted by molar-refractivity contribution is 14.1. The van der Waals surface area contributed by atoms with Crippen LogP contribution in [-0.2, 0) is 0 Å². The number of anilines is 1. The van der Waals surface area contributed by atoms with E-state index < -0.39 is 0 Å². The number of nitrogens with one attached hydrogen (secondary N) is 1. The third-order valence-electron chi connectivity index (χ3n) is 3.57. The van der Waals surface area contributed by atoms with Gasteiger partial charge in [-0.3, -0.25) is 10.1 Å². The first kappa shape index (κ1) is 14.5. The van der Waals surface area contributed by atoms with E-state index in [1.807, 2.05) is 28.7 Å². The zero-order chi connectivity index (χ0) is 13.8. The lowest BCUT2D eigenvalue weighted by molar-refractivity contribution is -0.385. The Labute approximate surface area is 126 Å². The second-order valence-corrected chi connectivity index (χ2v) is 6.14. The van der Waals surface area contributed by atoms with Crippen LogP contribution >= 0.6 is 22.6 Å². The largest absolute Gasteiger partial charge is 0.381 e. The third kappa shape index (κ3) is 3.79. The van der Waals surface area contributed by atoms with E-state index in [2.05, 4.69) is 5.32 Å². The van der Waals surface area contributed by atoms with Gasteiger partial charge in [-0.2, -0.15) is 0 Å². The topological polar surface area (TPSA) is 81.2 Å². The lowest BCUT2D eigenvalue weighted by atomic mass is 10.0. The molecule has 1 aliphatic rings. The molecule has 0 saturated heterocycles. The molecule has 0 aliphatic heterocycles. The highest BCUT2D eigenvalue weighted by Gasteiger charge is 2.21. The lowest BCUT2D eigenvalue weighted by Crippen LogP contribution is -2.39. The van der Waals surface area contributed by atoms with Gasteiger partial charge in [0.25, 0.3) is 5.69 Å². The summed E-state index contributed by atoms with van der Waals surface area (Å²) in [5, 5.41) is 14.2. The molecule has 2 atom stereocenters. The molecule has 2 unspecified atom stereocenters. The highest BCUT2D eigenvalue weighted by Crippen LogP contribution is 2.26. The van der Waals surface area contributed by atoms with Crippen LogP contribution < -0.4 is 11.1 Å². The van der Waals surface area contributed by atoms with Crippen LogP contribution in [0.25, 0.3) is 0 Å². The number of hydrogen-bond donors (Lipinski definition) is 2. The van der Waals surface area contributed by atoms with Gasteiger partial charge in [-0.15, -0.1) is 0 Å². The van der Waals surface area contributed by atoms with Gasteiger partial charge in [0.2, 0.25) is 0 Å². The maximum Gasteiger partial charge on any atom is 0.282 e. The van der Waals surface area contributed by atoms with Crippen LogP contribution in [0.15, 0.2) is 18.2 Å². The Morgan fingerprint density at radius 2 is 2.05 bits per heavy atom. The van der Waals surface area contributed by atoms with E-state index in [0.717, 1.165) is 18.5 Å². The van der Waals surface area contributed by atoms with Crippen molar-refractivity contribution in [2.24, 2.45) is 5.73 Å².